The number of urea groups is 1. The summed E-state index contributed by atoms with van der Waals surface area (Å²) in [5.41, 5.74) is 3.04. The number of amides is 2. The fraction of sp³-hybridized carbons (Fsp3) is 0.364. The summed E-state index contributed by atoms with van der Waals surface area (Å²) >= 11 is 0. The van der Waals surface area contributed by atoms with Crippen LogP contribution in [0.3, 0.4) is 0 Å². The third-order valence-corrected chi connectivity index (χ3v) is 5.16. The first-order valence-electron chi connectivity index (χ1n) is 10.3. The number of nitrogens with zero attached hydrogens (tertiary/aromatic N) is 4. The largest absolute Gasteiger partial charge is 0.474 e. The fourth-order valence-electron chi connectivity index (χ4n) is 3.51. The first-order chi connectivity index (χ1) is 14.8. The highest BCUT2D eigenvalue weighted by Gasteiger charge is 2.18. The molecule has 2 amide bonds. The molecule has 8 heteroatoms. The highest BCUT2D eigenvalue weighted by atomic mass is 16.5. The monoisotopic (exact) mass is 406 g/mol. The van der Waals surface area contributed by atoms with Gasteiger partial charge in [0.1, 0.15) is 18.8 Å². The number of ether oxygens (including phenoxy) is 1. The minimum atomic E-state index is -0.225. The van der Waals surface area contributed by atoms with E-state index in [2.05, 4.69) is 25.7 Å². The van der Waals surface area contributed by atoms with Gasteiger partial charge < -0.3 is 15.4 Å². The number of benzene rings is 1. The number of hydrogen-bond acceptors (Lipinski definition) is 5. The molecule has 0 spiro atoms. The molecular formula is C22H26N6O2. The lowest BCUT2D eigenvalue weighted by atomic mass is 10.1. The zero-order valence-corrected chi connectivity index (χ0v) is 16.8. The Bertz CT molecular complexity index is 937. The second-order valence-corrected chi connectivity index (χ2v) is 7.44. The molecule has 0 saturated heterocycles. The van der Waals surface area contributed by atoms with E-state index < -0.39 is 0 Å². The molecule has 1 aliphatic carbocycles. The van der Waals surface area contributed by atoms with E-state index in [9.17, 15) is 4.79 Å². The molecule has 0 unspecified atom stereocenters. The second-order valence-electron chi connectivity index (χ2n) is 7.44. The predicted molar refractivity (Wildman–Crippen MR) is 112 cm³/mol. The summed E-state index contributed by atoms with van der Waals surface area (Å²) in [6.07, 6.45) is 9.71. The average molecular weight is 406 g/mol. The topological polar surface area (TPSA) is 94.0 Å². The van der Waals surface area contributed by atoms with Crippen LogP contribution in [0.4, 0.5) is 4.79 Å². The summed E-state index contributed by atoms with van der Waals surface area (Å²) in [5.74, 6) is 0.618. The summed E-state index contributed by atoms with van der Waals surface area (Å²) in [4.78, 5) is 20.5. The maximum absolute atomic E-state index is 12.2. The van der Waals surface area contributed by atoms with Gasteiger partial charge in [-0.2, -0.15) is 5.10 Å². The van der Waals surface area contributed by atoms with Crippen LogP contribution in [-0.4, -0.2) is 31.9 Å². The summed E-state index contributed by atoms with van der Waals surface area (Å²) in [6, 6.07) is 11.6. The van der Waals surface area contributed by atoms with Gasteiger partial charge in [-0.1, -0.05) is 30.3 Å². The molecule has 30 heavy (non-hydrogen) atoms. The molecule has 156 valence electrons. The molecule has 1 aliphatic rings. The third-order valence-electron chi connectivity index (χ3n) is 5.16. The molecule has 2 N–H and O–H groups in total. The predicted octanol–water partition coefficient (Wildman–Crippen LogP) is 3.04. The van der Waals surface area contributed by atoms with Crippen LogP contribution >= 0.6 is 0 Å². The van der Waals surface area contributed by atoms with E-state index in [1.807, 2.05) is 36.4 Å². The molecular weight excluding hydrogens is 380 g/mol. The van der Waals surface area contributed by atoms with Crippen LogP contribution in [0.15, 0.2) is 55.2 Å². The van der Waals surface area contributed by atoms with Crippen molar-refractivity contribution in [2.24, 2.45) is 0 Å². The van der Waals surface area contributed by atoms with E-state index in [-0.39, 0.29) is 12.1 Å². The molecule has 3 aromatic rings. The highest BCUT2D eigenvalue weighted by molar-refractivity contribution is 5.73. The molecule has 0 radical (unpaired) electrons. The first-order valence-corrected chi connectivity index (χ1v) is 10.3. The second kappa shape index (κ2) is 9.87. The summed E-state index contributed by atoms with van der Waals surface area (Å²) in [5, 5.41) is 9.88. The van der Waals surface area contributed by atoms with Crippen molar-refractivity contribution in [3.8, 4) is 5.88 Å². The number of rotatable bonds is 8. The number of nitrogens with one attached hydrogen (secondary N) is 2. The summed E-state index contributed by atoms with van der Waals surface area (Å²) in [6.45, 7) is 1.50. The van der Waals surface area contributed by atoms with Crippen LogP contribution in [0.25, 0.3) is 0 Å². The first kappa shape index (κ1) is 19.9. The van der Waals surface area contributed by atoms with Crippen molar-refractivity contribution in [3.05, 3.63) is 71.9 Å². The van der Waals surface area contributed by atoms with Gasteiger partial charge in [-0.3, -0.25) is 0 Å². The SMILES string of the molecule is O=C(NCc1ccc(Cn2cncn2)cc1)NCc1cccnc1OC1CCCC1. The van der Waals surface area contributed by atoms with Gasteiger partial charge in [0.25, 0.3) is 0 Å². The van der Waals surface area contributed by atoms with Crippen molar-refractivity contribution in [2.75, 3.05) is 0 Å². The van der Waals surface area contributed by atoms with Gasteiger partial charge >= 0.3 is 6.03 Å². The molecule has 0 atom stereocenters. The van der Waals surface area contributed by atoms with E-state index in [1.54, 1.807) is 17.2 Å². The molecule has 0 aliphatic heterocycles. The van der Waals surface area contributed by atoms with Crippen molar-refractivity contribution in [1.82, 2.24) is 30.4 Å². The number of hydrogen-bond donors (Lipinski definition) is 2. The van der Waals surface area contributed by atoms with Gasteiger partial charge in [0, 0.05) is 24.8 Å². The Morgan fingerprint density at radius 2 is 1.83 bits per heavy atom. The quantitative estimate of drug-likeness (QED) is 0.600. The van der Waals surface area contributed by atoms with Gasteiger partial charge in [0.05, 0.1) is 6.54 Å². The summed E-state index contributed by atoms with van der Waals surface area (Å²) in [7, 11) is 0. The number of carbonyl (C=O) groups excluding carboxylic acids is 1. The van der Waals surface area contributed by atoms with Crippen molar-refractivity contribution in [2.45, 2.75) is 51.4 Å². The molecule has 2 aromatic heterocycles. The number of carbonyl (C=O) groups is 1. The molecule has 0 bridgehead atoms. The lowest BCUT2D eigenvalue weighted by Crippen LogP contribution is -2.34. The Hall–Kier alpha value is -3.42. The standard InChI is InChI=1S/C22H26N6O2/c29-22(25-12-17-7-9-18(10-8-17)14-28-16-23-15-27-28)26-13-19-4-3-11-24-21(19)30-20-5-1-2-6-20/h3-4,7-11,15-16,20H,1-2,5-6,12-14H2,(H2,25,26,29). The van der Waals surface area contributed by atoms with Crippen LogP contribution < -0.4 is 15.4 Å². The minimum absolute atomic E-state index is 0.225. The van der Waals surface area contributed by atoms with E-state index in [0.29, 0.717) is 25.5 Å². The van der Waals surface area contributed by atoms with Crippen LogP contribution in [-0.2, 0) is 19.6 Å². The molecule has 8 nitrogen and oxygen atoms in total. The fourth-order valence-corrected chi connectivity index (χ4v) is 3.51. The molecule has 2 heterocycles. The van der Waals surface area contributed by atoms with E-state index in [1.165, 1.54) is 19.2 Å². The Labute approximate surface area is 175 Å². The maximum Gasteiger partial charge on any atom is 0.315 e. The van der Waals surface area contributed by atoms with Crippen molar-refractivity contribution in [1.29, 1.82) is 0 Å². The van der Waals surface area contributed by atoms with Crippen molar-refractivity contribution < 1.29 is 9.53 Å². The van der Waals surface area contributed by atoms with Crippen LogP contribution in [0.2, 0.25) is 0 Å². The molecule has 4 rings (SSSR count). The Balaban J connectivity index is 1.23. The van der Waals surface area contributed by atoms with Crippen LogP contribution in [0, 0.1) is 0 Å². The van der Waals surface area contributed by atoms with Crippen LogP contribution in [0.5, 0.6) is 5.88 Å². The molecule has 1 fully saturated rings. The normalized spacial score (nSPS) is 13.9. The van der Waals surface area contributed by atoms with Crippen molar-refractivity contribution in [3.63, 3.8) is 0 Å². The lowest BCUT2D eigenvalue weighted by Gasteiger charge is -2.15. The maximum atomic E-state index is 12.2. The van der Waals surface area contributed by atoms with E-state index in [4.69, 9.17) is 4.74 Å². The Morgan fingerprint density at radius 3 is 2.60 bits per heavy atom. The van der Waals surface area contributed by atoms with Gasteiger partial charge in [0.15, 0.2) is 0 Å². The number of aromatic nitrogens is 4. The van der Waals surface area contributed by atoms with Gasteiger partial charge in [-0.15, -0.1) is 0 Å². The van der Waals surface area contributed by atoms with Gasteiger partial charge in [-0.05, 0) is 42.9 Å². The zero-order chi connectivity index (χ0) is 20.6. The van der Waals surface area contributed by atoms with Gasteiger partial charge in [0.2, 0.25) is 5.88 Å². The summed E-state index contributed by atoms with van der Waals surface area (Å²) < 4.78 is 7.79. The minimum Gasteiger partial charge on any atom is -0.474 e. The van der Waals surface area contributed by atoms with Gasteiger partial charge in [-0.25, -0.2) is 19.4 Å². The number of pyridine rings is 1. The van der Waals surface area contributed by atoms with E-state index in [0.717, 1.165) is 29.5 Å². The smallest absolute Gasteiger partial charge is 0.315 e. The average Bonchev–Trinajstić information content (AvgIpc) is 3.47. The highest BCUT2D eigenvalue weighted by Crippen LogP contribution is 2.24. The van der Waals surface area contributed by atoms with E-state index >= 15 is 0 Å². The lowest BCUT2D eigenvalue weighted by molar-refractivity contribution is 0.198. The van der Waals surface area contributed by atoms with Crippen LogP contribution in [0.1, 0.15) is 42.4 Å². The molecule has 1 saturated carbocycles. The van der Waals surface area contributed by atoms with Crippen molar-refractivity contribution >= 4 is 6.03 Å². The zero-order valence-electron chi connectivity index (χ0n) is 16.8. The Morgan fingerprint density at radius 1 is 1.07 bits per heavy atom. The Kier molecular flexibility index (Phi) is 6.54. The molecule has 1 aromatic carbocycles. The third kappa shape index (κ3) is 5.56.